The molecule has 0 amide bonds. The second-order valence-corrected chi connectivity index (χ2v) is 5.89. The summed E-state index contributed by atoms with van der Waals surface area (Å²) in [6, 6.07) is 7.40. The summed E-state index contributed by atoms with van der Waals surface area (Å²) >= 11 is 1.89. The Hall–Kier alpha value is -0.910. The van der Waals surface area contributed by atoms with Gasteiger partial charge in [0.25, 0.3) is 0 Å². The molecule has 21 heavy (non-hydrogen) atoms. The summed E-state index contributed by atoms with van der Waals surface area (Å²) in [5, 5.41) is 13.1. The second-order valence-electron chi connectivity index (χ2n) is 4.90. The third kappa shape index (κ3) is 8.86. The Morgan fingerprint density at radius 2 is 2.05 bits per heavy atom. The van der Waals surface area contributed by atoms with Crippen molar-refractivity contribution in [2.24, 2.45) is 0 Å². The van der Waals surface area contributed by atoms with Crippen molar-refractivity contribution >= 4 is 11.8 Å². The van der Waals surface area contributed by atoms with Gasteiger partial charge in [-0.15, -0.1) is 0 Å². The van der Waals surface area contributed by atoms with E-state index in [4.69, 9.17) is 9.47 Å². The first-order chi connectivity index (χ1) is 10.3. The zero-order chi connectivity index (χ0) is 15.3. The van der Waals surface area contributed by atoms with E-state index in [1.807, 2.05) is 36.0 Å². The summed E-state index contributed by atoms with van der Waals surface area (Å²) in [6.07, 6.45) is 5.30. The molecule has 0 bridgehead atoms. The number of rotatable bonds is 12. The van der Waals surface area contributed by atoms with E-state index >= 15 is 0 Å². The Balaban J connectivity index is 2.06. The van der Waals surface area contributed by atoms with Gasteiger partial charge in [0, 0.05) is 12.6 Å². The standard InChI is InChI=1S/C16H27NO3S/c1-19-15-7-6-8-16(11-15)20-13-14(18)12-17-9-4-3-5-10-21-2/h6-8,11,14,17-18H,3-5,9-10,12-13H2,1-2H3. The molecule has 0 saturated heterocycles. The fourth-order valence-electron chi connectivity index (χ4n) is 1.88. The van der Waals surface area contributed by atoms with E-state index in [-0.39, 0.29) is 6.61 Å². The lowest BCUT2D eigenvalue weighted by atomic mass is 10.2. The van der Waals surface area contributed by atoms with Gasteiger partial charge in [-0.2, -0.15) is 11.8 Å². The number of aliphatic hydroxyl groups is 1. The Morgan fingerprint density at radius 1 is 1.24 bits per heavy atom. The minimum Gasteiger partial charge on any atom is -0.497 e. The minimum atomic E-state index is -0.498. The molecule has 0 heterocycles. The van der Waals surface area contributed by atoms with Gasteiger partial charge in [-0.25, -0.2) is 0 Å². The molecule has 1 atom stereocenters. The number of ether oxygens (including phenoxy) is 2. The molecule has 1 aromatic carbocycles. The van der Waals surface area contributed by atoms with E-state index in [1.165, 1.54) is 18.6 Å². The van der Waals surface area contributed by atoms with Crippen LogP contribution in [0.25, 0.3) is 0 Å². The quantitative estimate of drug-likeness (QED) is 0.581. The maximum atomic E-state index is 9.86. The molecule has 0 spiro atoms. The Kier molecular flexibility index (Phi) is 10.1. The van der Waals surface area contributed by atoms with Crippen LogP contribution in [0.1, 0.15) is 19.3 Å². The molecule has 1 unspecified atom stereocenters. The van der Waals surface area contributed by atoms with E-state index < -0.39 is 6.10 Å². The molecule has 4 nitrogen and oxygen atoms in total. The molecule has 120 valence electrons. The van der Waals surface area contributed by atoms with Gasteiger partial charge >= 0.3 is 0 Å². The van der Waals surface area contributed by atoms with Crippen molar-refractivity contribution in [1.29, 1.82) is 0 Å². The van der Waals surface area contributed by atoms with Gasteiger partial charge in [-0.05, 0) is 43.5 Å². The van der Waals surface area contributed by atoms with E-state index in [2.05, 4.69) is 11.6 Å². The van der Waals surface area contributed by atoms with Crippen LogP contribution >= 0.6 is 11.8 Å². The number of aliphatic hydroxyl groups excluding tert-OH is 1. The van der Waals surface area contributed by atoms with Crippen LogP contribution in [0.5, 0.6) is 11.5 Å². The molecule has 0 saturated carbocycles. The van der Waals surface area contributed by atoms with Crippen LogP contribution in [-0.2, 0) is 0 Å². The predicted octanol–water partition coefficient (Wildman–Crippen LogP) is 2.56. The summed E-state index contributed by atoms with van der Waals surface area (Å²) in [4.78, 5) is 0. The van der Waals surface area contributed by atoms with Gasteiger partial charge in [0.15, 0.2) is 0 Å². The van der Waals surface area contributed by atoms with Crippen molar-refractivity contribution in [2.45, 2.75) is 25.4 Å². The first kappa shape index (κ1) is 18.1. The van der Waals surface area contributed by atoms with E-state index in [0.717, 1.165) is 18.7 Å². The van der Waals surface area contributed by atoms with E-state index in [0.29, 0.717) is 12.3 Å². The lowest BCUT2D eigenvalue weighted by molar-refractivity contribution is 0.106. The fraction of sp³-hybridized carbons (Fsp3) is 0.625. The zero-order valence-corrected chi connectivity index (χ0v) is 13.8. The number of benzene rings is 1. The van der Waals surface area contributed by atoms with Crippen LogP contribution in [0.15, 0.2) is 24.3 Å². The predicted molar refractivity (Wildman–Crippen MR) is 89.6 cm³/mol. The molecular formula is C16H27NO3S. The first-order valence-corrected chi connectivity index (χ1v) is 8.80. The first-order valence-electron chi connectivity index (χ1n) is 7.41. The number of thioether (sulfide) groups is 1. The van der Waals surface area contributed by atoms with Gasteiger partial charge < -0.3 is 19.9 Å². The van der Waals surface area contributed by atoms with Crippen LogP contribution in [0, 0.1) is 0 Å². The largest absolute Gasteiger partial charge is 0.497 e. The fourth-order valence-corrected chi connectivity index (χ4v) is 2.38. The number of hydrogen-bond acceptors (Lipinski definition) is 5. The third-order valence-electron chi connectivity index (χ3n) is 3.07. The minimum absolute atomic E-state index is 0.284. The van der Waals surface area contributed by atoms with Gasteiger partial charge in [-0.3, -0.25) is 0 Å². The highest BCUT2D eigenvalue weighted by molar-refractivity contribution is 7.98. The Labute approximate surface area is 132 Å². The summed E-state index contributed by atoms with van der Waals surface area (Å²) in [5.74, 6) is 2.70. The van der Waals surface area contributed by atoms with Gasteiger partial charge in [0.2, 0.25) is 0 Å². The molecule has 0 aliphatic carbocycles. The molecule has 0 fully saturated rings. The van der Waals surface area contributed by atoms with Crippen molar-refractivity contribution in [1.82, 2.24) is 5.32 Å². The maximum Gasteiger partial charge on any atom is 0.123 e. The Morgan fingerprint density at radius 3 is 2.81 bits per heavy atom. The molecule has 1 rings (SSSR count). The van der Waals surface area contributed by atoms with Crippen LogP contribution in [-0.4, -0.2) is 50.0 Å². The van der Waals surface area contributed by atoms with Crippen LogP contribution in [0.3, 0.4) is 0 Å². The molecular weight excluding hydrogens is 286 g/mol. The second kappa shape index (κ2) is 11.7. The number of methoxy groups -OCH3 is 1. The van der Waals surface area contributed by atoms with Crippen molar-refractivity contribution in [3.63, 3.8) is 0 Å². The summed E-state index contributed by atoms with van der Waals surface area (Å²) in [7, 11) is 1.62. The third-order valence-corrected chi connectivity index (χ3v) is 3.76. The van der Waals surface area contributed by atoms with Crippen LogP contribution < -0.4 is 14.8 Å². The van der Waals surface area contributed by atoms with Gasteiger partial charge in [-0.1, -0.05) is 12.5 Å². The monoisotopic (exact) mass is 313 g/mol. The molecule has 0 radical (unpaired) electrons. The molecule has 1 aromatic rings. The van der Waals surface area contributed by atoms with Crippen LogP contribution in [0.2, 0.25) is 0 Å². The maximum absolute atomic E-state index is 9.86. The highest BCUT2D eigenvalue weighted by atomic mass is 32.2. The summed E-state index contributed by atoms with van der Waals surface area (Å²) in [6.45, 7) is 1.80. The van der Waals surface area contributed by atoms with E-state index in [1.54, 1.807) is 7.11 Å². The topological polar surface area (TPSA) is 50.7 Å². The summed E-state index contributed by atoms with van der Waals surface area (Å²) in [5.41, 5.74) is 0. The normalized spacial score (nSPS) is 12.1. The molecule has 0 aliphatic rings. The van der Waals surface area contributed by atoms with Crippen molar-refractivity contribution in [3.05, 3.63) is 24.3 Å². The zero-order valence-electron chi connectivity index (χ0n) is 13.0. The molecule has 0 aliphatic heterocycles. The van der Waals surface area contributed by atoms with Crippen LogP contribution in [0.4, 0.5) is 0 Å². The van der Waals surface area contributed by atoms with Gasteiger partial charge in [0.05, 0.1) is 7.11 Å². The number of hydrogen-bond donors (Lipinski definition) is 2. The summed E-state index contributed by atoms with van der Waals surface area (Å²) < 4.78 is 10.7. The van der Waals surface area contributed by atoms with Crippen molar-refractivity contribution in [3.8, 4) is 11.5 Å². The van der Waals surface area contributed by atoms with Crippen molar-refractivity contribution < 1.29 is 14.6 Å². The molecule has 2 N–H and O–H groups in total. The van der Waals surface area contributed by atoms with Gasteiger partial charge in [0.1, 0.15) is 24.2 Å². The van der Waals surface area contributed by atoms with E-state index in [9.17, 15) is 5.11 Å². The average Bonchev–Trinajstić information content (AvgIpc) is 2.52. The Bertz CT molecular complexity index is 376. The molecule has 5 heteroatoms. The average molecular weight is 313 g/mol. The number of nitrogens with one attached hydrogen (secondary N) is 1. The van der Waals surface area contributed by atoms with Crippen molar-refractivity contribution in [2.75, 3.05) is 38.8 Å². The lowest BCUT2D eigenvalue weighted by Crippen LogP contribution is -2.32. The number of unbranched alkanes of at least 4 members (excludes halogenated alkanes) is 2. The SMILES string of the molecule is COc1cccc(OCC(O)CNCCCCCSC)c1. The smallest absolute Gasteiger partial charge is 0.123 e. The highest BCUT2D eigenvalue weighted by Crippen LogP contribution is 2.18. The lowest BCUT2D eigenvalue weighted by Gasteiger charge is -2.13. The highest BCUT2D eigenvalue weighted by Gasteiger charge is 2.05. The molecule has 0 aromatic heterocycles.